The highest BCUT2D eigenvalue weighted by Crippen LogP contribution is 2.19. The molecule has 3 N–H and O–H groups in total. The van der Waals surface area contributed by atoms with Gasteiger partial charge in [0.1, 0.15) is 0 Å². The van der Waals surface area contributed by atoms with Crippen molar-refractivity contribution < 1.29 is 9.59 Å². The lowest BCUT2D eigenvalue weighted by atomic mass is 10.0. The van der Waals surface area contributed by atoms with Crippen molar-refractivity contribution in [3.8, 4) is 11.3 Å². The molecule has 0 radical (unpaired) electrons. The Morgan fingerprint density at radius 3 is 2.68 bits per heavy atom. The highest BCUT2D eigenvalue weighted by atomic mass is 16.2. The number of hydrogen-bond acceptors (Lipinski definition) is 5. The van der Waals surface area contributed by atoms with Crippen molar-refractivity contribution in [2.75, 3.05) is 18.8 Å². The molecule has 1 aliphatic heterocycles. The van der Waals surface area contributed by atoms with Crippen LogP contribution in [0.1, 0.15) is 30.1 Å². The quantitative estimate of drug-likeness (QED) is 0.882. The van der Waals surface area contributed by atoms with Crippen LogP contribution in [-0.2, 0) is 4.79 Å². The Morgan fingerprint density at radius 2 is 2.00 bits per heavy atom. The minimum Gasteiger partial charge on any atom is -0.368 e. The molecule has 2 heterocycles. The molecule has 130 valence electrons. The smallest absolute Gasteiger partial charge is 0.253 e. The van der Waals surface area contributed by atoms with E-state index in [1.807, 2.05) is 12.1 Å². The van der Waals surface area contributed by atoms with Gasteiger partial charge in [-0.2, -0.15) is 0 Å². The minimum atomic E-state index is -0.0622. The Hall–Kier alpha value is -2.96. The molecule has 1 saturated heterocycles. The molecule has 1 aromatic carbocycles. The average Bonchev–Trinajstić information content (AvgIpc) is 2.61. The molecule has 0 bridgehead atoms. The van der Waals surface area contributed by atoms with Gasteiger partial charge in [0.25, 0.3) is 5.91 Å². The van der Waals surface area contributed by atoms with Gasteiger partial charge in [0.15, 0.2) is 0 Å². The molecule has 1 fully saturated rings. The molecule has 2 amide bonds. The summed E-state index contributed by atoms with van der Waals surface area (Å²) in [7, 11) is 0. The molecule has 1 aromatic heterocycles. The molecule has 1 atom stereocenters. The van der Waals surface area contributed by atoms with Crippen molar-refractivity contribution in [2.24, 2.45) is 0 Å². The van der Waals surface area contributed by atoms with Crippen LogP contribution in [0.15, 0.2) is 36.5 Å². The number of nitrogens with one attached hydrogen (secondary N) is 1. The third-order valence-electron chi connectivity index (χ3n) is 4.22. The molecular weight excluding hydrogens is 318 g/mol. The third-order valence-corrected chi connectivity index (χ3v) is 4.22. The highest BCUT2D eigenvalue weighted by Gasteiger charge is 2.24. The molecule has 0 unspecified atom stereocenters. The first kappa shape index (κ1) is 16.9. The largest absolute Gasteiger partial charge is 0.368 e. The van der Waals surface area contributed by atoms with Crippen LogP contribution in [0, 0.1) is 0 Å². The highest BCUT2D eigenvalue weighted by molar-refractivity contribution is 5.94. The minimum absolute atomic E-state index is 0.0243. The number of carbonyl (C=O) groups excluding carboxylic acids is 2. The van der Waals surface area contributed by atoms with E-state index in [4.69, 9.17) is 5.73 Å². The maximum Gasteiger partial charge on any atom is 0.253 e. The van der Waals surface area contributed by atoms with Gasteiger partial charge in [0, 0.05) is 43.4 Å². The molecule has 1 aliphatic rings. The Labute approximate surface area is 146 Å². The van der Waals surface area contributed by atoms with E-state index in [1.165, 1.54) is 6.92 Å². The predicted molar refractivity (Wildman–Crippen MR) is 94.6 cm³/mol. The summed E-state index contributed by atoms with van der Waals surface area (Å²) in [6.07, 6.45) is 3.39. The fourth-order valence-corrected chi connectivity index (χ4v) is 3.07. The zero-order valence-electron chi connectivity index (χ0n) is 14.1. The van der Waals surface area contributed by atoms with Gasteiger partial charge < -0.3 is 16.0 Å². The third kappa shape index (κ3) is 4.12. The molecular formula is C18H21N5O2. The predicted octanol–water partition coefficient (Wildman–Crippen LogP) is 1.47. The van der Waals surface area contributed by atoms with Crippen molar-refractivity contribution in [2.45, 2.75) is 25.8 Å². The molecule has 0 spiro atoms. The van der Waals surface area contributed by atoms with Crippen LogP contribution in [0.5, 0.6) is 0 Å². The molecule has 25 heavy (non-hydrogen) atoms. The summed E-state index contributed by atoms with van der Waals surface area (Å²) >= 11 is 0. The lowest BCUT2D eigenvalue weighted by Crippen LogP contribution is -2.49. The van der Waals surface area contributed by atoms with Gasteiger partial charge in [-0.3, -0.25) is 9.59 Å². The fourth-order valence-electron chi connectivity index (χ4n) is 3.07. The summed E-state index contributed by atoms with van der Waals surface area (Å²) in [5.41, 5.74) is 7.82. The van der Waals surface area contributed by atoms with E-state index in [9.17, 15) is 9.59 Å². The van der Waals surface area contributed by atoms with Gasteiger partial charge in [0.05, 0.1) is 5.69 Å². The van der Waals surface area contributed by atoms with Gasteiger partial charge in [-0.25, -0.2) is 9.97 Å². The molecule has 3 rings (SSSR count). The summed E-state index contributed by atoms with van der Waals surface area (Å²) in [5, 5.41) is 2.90. The summed E-state index contributed by atoms with van der Waals surface area (Å²) in [6.45, 7) is 2.75. The van der Waals surface area contributed by atoms with Crippen molar-refractivity contribution in [1.29, 1.82) is 0 Å². The van der Waals surface area contributed by atoms with Crippen molar-refractivity contribution in [3.05, 3.63) is 42.1 Å². The maximum absolute atomic E-state index is 12.7. The normalized spacial score (nSPS) is 17.2. The van der Waals surface area contributed by atoms with Crippen LogP contribution >= 0.6 is 0 Å². The molecule has 0 saturated carbocycles. The van der Waals surface area contributed by atoms with E-state index in [-0.39, 0.29) is 23.8 Å². The summed E-state index contributed by atoms with van der Waals surface area (Å²) in [4.78, 5) is 33.8. The van der Waals surface area contributed by atoms with E-state index >= 15 is 0 Å². The lowest BCUT2D eigenvalue weighted by molar-refractivity contribution is -0.120. The van der Waals surface area contributed by atoms with Crippen LogP contribution in [0.4, 0.5) is 5.95 Å². The number of hydrogen-bond donors (Lipinski definition) is 2. The van der Waals surface area contributed by atoms with Gasteiger partial charge in [0.2, 0.25) is 11.9 Å². The Morgan fingerprint density at radius 1 is 1.24 bits per heavy atom. The number of aromatic nitrogens is 2. The van der Waals surface area contributed by atoms with Gasteiger partial charge >= 0.3 is 0 Å². The maximum atomic E-state index is 12.7. The second-order valence-electron chi connectivity index (χ2n) is 6.17. The number of anilines is 1. The van der Waals surface area contributed by atoms with Crippen LogP contribution in [0.25, 0.3) is 11.3 Å². The van der Waals surface area contributed by atoms with Crippen molar-refractivity contribution in [3.63, 3.8) is 0 Å². The Kier molecular flexibility index (Phi) is 4.92. The molecule has 7 heteroatoms. The monoisotopic (exact) mass is 339 g/mol. The van der Waals surface area contributed by atoms with E-state index in [1.54, 1.807) is 29.3 Å². The van der Waals surface area contributed by atoms with Crippen LogP contribution in [-0.4, -0.2) is 45.8 Å². The lowest BCUT2D eigenvalue weighted by Gasteiger charge is -2.33. The molecule has 0 aliphatic carbocycles. The van der Waals surface area contributed by atoms with Crippen molar-refractivity contribution in [1.82, 2.24) is 20.2 Å². The number of carbonyl (C=O) groups is 2. The number of nitrogen functional groups attached to an aromatic ring is 1. The number of amides is 2. The number of nitrogens with zero attached hydrogens (tertiary/aromatic N) is 3. The van der Waals surface area contributed by atoms with Crippen LogP contribution in [0.2, 0.25) is 0 Å². The number of rotatable bonds is 3. The topological polar surface area (TPSA) is 101 Å². The van der Waals surface area contributed by atoms with Gasteiger partial charge in [-0.15, -0.1) is 0 Å². The number of nitrogens with two attached hydrogens (primary N) is 1. The Balaban J connectivity index is 1.71. The first-order valence-corrected chi connectivity index (χ1v) is 8.28. The second kappa shape index (κ2) is 7.29. The number of likely N-dealkylation sites (tertiary alicyclic amines) is 1. The summed E-state index contributed by atoms with van der Waals surface area (Å²) in [5.74, 6) is 0.131. The zero-order valence-corrected chi connectivity index (χ0v) is 14.1. The van der Waals surface area contributed by atoms with E-state index < -0.39 is 0 Å². The van der Waals surface area contributed by atoms with E-state index in [0.29, 0.717) is 18.7 Å². The fraction of sp³-hybridized carbons (Fsp3) is 0.333. The summed E-state index contributed by atoms with van der Waals surface area (Å²) < 4.78 is 0. The van der Waals surface area contributed by atoms with Crippen molar-refractivity contribution >= 4 is 17.8 Å². The number of benzene rings is 1. The van der Waals surface area contributed by atoms with E-state index in [2.05, 4.69) is 15.3 Å². The first-order chi connectivity index (χ1) is 12.0. The first-order valence-electron chi connectivity index (χ1n) is 8.28. The molecule has 2 aromatic rings. The molecule has 7 nitrogen and oxygen atoms in total. The van der Waals surface area contributed by atoms with Gasteiger partial charge in [-0.05, 0) is 31.0 Å². The van der Waals surface area contributed by atoms with E-state index in [0.717, 1.165) is 24.1 Å². The SMILES string of the molecule is CC(=O)N[C@@H]1CCCN(C(=O)c2ccc(-c3ccnc(N)n3)cc2)C1. The van der Waals surface area contributed by atoms with Crippen LogP contribution < -0.4 is 11.1 Å². The second-order valence-corrected chi connectivity index (χ2v) is 6.17. The zero-order chi connectivity index (χ0) is 17.8. The Bertz CT molecular complexity index is 775. The number of piperidine rings is 1. The average molecular weight is 339 g/mol. The summed E-state index contributed by atoms with van der Waals surface area (Å²) in [6, 6.07) is 9.08. The van der Waals surface area contributed by atoms with Crippen LogP contribution in [0.3, 0.4) is 0 Å². The van der Waals surface area contributed by atoms with Gasteiger partial charge in [-0.1, -0.05) is 12.1 Å². The standard InChI is InChI=1S/C18H21N5O2/c1-12(24)21-15-3-2-10-23(11-15)17(25)14-6-4-13(5-7-14)16-8-9-20-18(19)22-16/h4-9,15H,2-3,10-11H2,1H3,(H,21,24)(H2,19,20,22)/t15-/m1/s1.